The van der Waals surface area contributed by atoms with Gasteiger partial charge in [0, 0.05) is 19.1 Å². The molecule has 0 N–H and O–H groups in total. The van der Waals surface area contributed by atoms with Crippen molar-refractivity contribution in [2.75, 3.05) is 0 Å². The second kappa shape index (κ2) is 7.68. The van der Waals surface area contributed by atoms with Crippen LogP contribution in [0.2, 0.25) is 0 Å². The summed E-state index contributed by atoms with van der Waals surface area (Å²) in [4.78, 5) is 2.63. The fraction of sp³-hybridized carbons (Fsp3) is 0.333. The van der Waals surface area contributed by atoms with Gasteiger partial charge in [0.2, 0.25) is 0 Å². The van der Waals surface area contributed by atoms with Gasteiger partial charge in [-0.1, -0.05) is 55.0 Å². The smallest absolute Gasteiger partial charge is 0.120 e. The zero-order valence-electron chi connectivity index (χ0n) is 17.4. The van der Waals surface area contributed by atoms with Crippen molar-refractivity contribution >= 4 is 0 Å². The van der Waals surface area contributed by atoms with E-state index >= 15 is 0 Å². The molecule has 1 fully saturated rings. The van der Waals surface area contributed by atoms with E-state index in [4.69, 9.17) is 4.74 Å². The minimum absolute atomic E-state index is 0.613. The van der Waals surface area contributed by atoms with Gasteiger partial charge >= 0.3 is 0 Å². The van der Waals surface area contributed by atoms with Crippen LogP contribution in [0.25, 0.3) is 11.1 Å². The summed E-state index contributed by atoms with van der Waals surface area (Å²) in [5.74, 6) is 0.988. The number of rotatable bonds is 5. The quantitative estimate of drug-likeness (QED) is 0.504. The van der Waals surface area contributed by atoms with Gasteiger partial charge in [-0.25, -0.2) is 0 Å². The molecule has 0 atom stereocenters. The van der Waals surface area contributed by atoms with Crippen LogP contribution < -0.4 is 4.74 Å². The molecule has 5 rings (SSSR count). The van der Waals surface area contributed by atoms with Crippen molar-refractivity contribution in [2.45, 2.75) is 58.8 Å². The van der Waals surface area contributed by atoms with Crippen molar-refractivity contribution in [2.24, 2.45) is 0 Å². The van der Waals surface area contributed by atoms with Crippen molar-refractivity contribution in [3.05, 3.63) is 88.5 Å². The molecule has 3 aromatic carbocycles. The maximum absolute atomic E-state index is 6.19. The second-order valence-corrected chi connectivity index (χ2v) is 8.68. The molecule has 0 aromatic heterocycles. The molecule has 1 aliphatic carbocycles. The van der Waals surface area contributed by atoms with E-state index in [0.29, 0.717) is 6.61 Å². The minimum Gasteiger partial charge on any atom is -0.489 e. The van der Waals surface area contributed by atoms with Gasteiger partial charge in [-0.2, -0.15) is 0 Å². The van der Waals surface area contributed by atoms with Crippen LogP contribution in [0.5, 0.6) is 5.75 Å². The molecular weight excluding hydrogens is 354 g/mol. The highest BCUT2D eigenvalue weighted by molar-refractivity contribution is 5.71. The van der Waals surface area contributed by atoms with Crippen molar-refractivity contribution in [1.29, 1.82) is 0 Å². The Morgan fingerprint density at radius 3 is 2.28 bits per heavy atom. The van der Waals surface area contributed by atoms with Crippen molar-refractivity contribution in [3.63, 3.8) is 0 Å². The predicted octanol–water partition coefficient (Wildman–Crippen LogP) is 6.42. The number of hydrogen-bond acceptors (Lipinski definition) is 2. The van der Waals surface area contributed by atoms with Crippen molar-refractivity contribution in [3.8, 4) is 16.9 Å². The summed E-state index contributed by atoms with van der Waals surface area (Å²) in [7, 11) is 0. The Kier molecular flexibility index (Phi) is 4.89. The highest BCUT2D eigenvalue weighted by Gasteiger charge is 2.29. The molecule has 2 nitrogen and oxygen atoms in total. The van der Waals surface area contributed by atoms with E-state index in [1.54, 1.807) is 0 Å². The lowest BCUT2D eigenvalue weighted by Gasteiger charge is -2.34. The van der Waals surface area contributed by atoms with E-state index < -0.39 is 0 Å². The highest BCUT2D eigenvalue weighted by atomic mass is 16.5. The molecule has 0 amide bonds. The second-order valence-electron chi connectivity index (χ2n) is 8.68. The molecule has 3 aromatic rings. The van der Waals surface area contributed by atoms with E-state index in [1.807, 2.05) is 0 Å². The predicted molar refractivity (Wildman–Crippen MR) is 119 cm³/mol. The van der Waals surface area contributed by atoms with Crippen molar-refractivity contribution in [1.82, 2.24) is 4.90 Å². The summed E-state index contributed by atoms with van der Waals surface area (Å²) in [5.41, 5.74) is 9.38. The van der Waals surface area contributed by atoms with Gasteiger partial charge in [0.1, 0.15) is 12.4 Å². The first-order valence-corrected chi connectivity index (χ1v) is 10.8. The van der Waals surface area contributed by atoms with Gasteiger partial charge in [0.15, 0.2) is 0 Å². The number of nitrogens with zero attached hydrogens (tertiary/aromatic N) is 1. The van der Waals surface area contributed by atoms with Crippen LogP contribution in [0.15, 0.2) is 60.7 Å². The molecule has 0 saturated heterocycles. The fourth-order valence-corrected chi connectivity index (χ4v) is 4.86. The zero-order chi connectivity index (χ0) is 19.8. The Labute approximate surface area is 174 Å². The Bertz CT molecular complexity index is 997. The van der Waals surface area contributed by atoms with Gasteiger partial charge in [-0.15, -0.1) is 0 Å². The van der Waals surface area contributed by atoms with Gasteiger partial charge in [-0.05, 0) is 77.8 Å². The molecule has 0 unspecified atom stereocenters. The molecule has 0 spiro atoms. The summed E-state index contributed by atoms with van der Waals surface area (Å²) in [6.45, 7) is 7.20. The first-order chi connectivity index (χ1) is 14.2. The number of benzene rings is 3. The van der Waals surface area contributed by atoms with Gasteiger partial charge in [-0.3, -0.25) is 4.90 Å². The molecule has 1 saturated carbocycles. The SMILES string of the molecule is Cc1cc(COc2ccc3c(c2)CN(C2CCC2)C3)cc(C)c1-c1ccccc1. The monoisotopic (exact) mass is 383 g/mol. The van der Waals surface area contributed by atoms with Gasteiger partial charge < -0.3 is 4.74 Å². The Hall–Kier alpha value is -2.58. The summed E-state index contributed by atoms with van der Waals surface area (Å²) < 4.78 is 6.19. The van der Waals surface area contributed by atoms with Crippen LogP contribution in [0.1, 0.15) is 47.1 Å². The average Bonchev–Trinajstić information content (AvgIpc) is 3.07. The Morgan fingerprint density at radius 2 is 1.59 bits per heavy atom. The third kappa shape index (κ3) is 3.70. The molecule has 29 heavy (non-hydrogen) atoms. The average molecular weight is 384 g/mol. The van der Waals surface area contributed by atoms with E-state index in [2.05, 4.69) is 79.4 Å². The lowest BCUT2D eigenvalue weighted by Crippen LogP contribution is -2.36. The normalized spacial score (nSPS) is 16.5. The Morgan fingerprint density at radius 1 is 0.862 bits per heavy atom. The van der Waals surface area contributed by atoms with Gasteiger partial charge in [0.05, 0.1) is 0 Å². The van der Waals surface area contributed by atoms with E-state index in [-0.39, 0.29) is 0 Å². The summed E-state index contributed by atoms with van der Waals surface area (Å²) in [5, 5.41) is 0. The van der Waals surface area contributed by atoms with E-state index in [0.717, 1.165) is 24.9 Å². The summed E-state index contributed by atoms with van der Waals surface area (Å²) in [6, 6.07) is 22.6. The third-order valence-corrected chi connectivity index (χ3v) is 6.58. The molecular formula is C27H29NO. The number of fused-ring (bicyclic) bond motifs is 1. The van der Waals surface area contributed by atoms with Crippen LogP contribution in [0.4, 0.5) is 0 Å². The molecule has 148 valence electrons. The first-order valence-electron chi connectivity index (χ1n) is 10.8. The Balaban J connectivity index is 1.29. The molecule has 2 heteroatoms. The van der Waals surface area contributed by atoms with Crippen LogP contribution in [-0.2, 0) is 19.7 Å². The maximum Gasteiger partial charge on any atom is 0.120 e. The molecule has 0 bridgehead atoms. The fourth-order valence-electron chi connectivity index (χ4n) is 4.86. The van der Waals surface area contributed by atoms with E-state index in [1.165, 1.54) is 58.2 Å². The molecule has 1 aliphatic heterocycles. The van der Waals surface area contributed by atoms with Crippen LogP contribution >= 0.6 is 0 Å². The number of aryl methyl sites for hydroxylation is 2. The van der Waals surface area contributed by atoms with Gasteiger partial charge in [0.25, 0.3) is 0 Å². The number of ether oxygens (including phenoxy) is 1. The van der Waals surface area contributed by atoms with Crippen molar-refractivity contribution < 1.29 is 4.74 Å². The van der Waals surface area contributed by atoms with E-state index in [9.17, 15) is 0 Å². The van der Waals surface area contributed by atoms with Crippen LogP contribution in [-0.4, -0.2) is 10.9 Å². The lowest BCUT2D eigenvalue weighted by molar-refractivity contribution is 0.126. The maximum atomic E-state index is 6.19. The summed E-state index contributed by atoms with van der Waals surface area (Å²) >= 11 is 0. The zero-order valence-corrected chi connectivity index (χ0v) is 17.4. The largest absolute Gasteiger partial charge is 0.489 e. The van der Waals surface area contributed by atoms with Crippen LogP contribution in [0, 0.1) is 13.8 Å². The first kappa shape index (κ1) is 18.4. The lowest BCUT2D eigenvalue weighted by atomic mass is 9.92. The topological polar surface area (TPSA) is 12.5 Å². The standard InChI is InChI=1S/C27H29NO/c1-19-13-21(14-20(2)27(19)22-7-4-3-5-8-22)18-29-26-12-11-23-16-28(17-24(23)15-26)25-9-6-10-25/h3-5,7-8,11-15,25H,6,9-10,16-18H2,1-2H3. The highest BCUT2D eigenvalue weighted by Crippen LogP contribution is 2.34. The van der Waals surface area contributed by atoms with Crippen LogP contribution in [0.3, 0.4) is 0 Å². The third-order valence-electron chi connectivity index (χ3n) is 6.58. The number of hydrogen-bond donors (Lipinski definition) is 0. The molecule has 0 radical (unpaired) electrons. The molecule has 2 aliphatic rings. The minimum atomic E-state index is 0.613. The summed E-state index contributed by atoms with van der Waals surface area (Å²) in [6.07, 6.45) is 4.14. The molecule has 1 heterocycles.